The van der Waals surface area contributed by atoms with E-state index < -0.39 is 17.8 Å². The maximum absolute atomic E-state index is 13.6. The van der Waals surface area contributed by atoms with Gasteiger partial charge >= 0.3 is 6.03 Å². The van der Waals surface area contributed by atoms with Crippen molar-refractivity contribution in [2.75, 3.05) is 12.0 Å². The van der Waals surface area contributed by atoms with Gasteiger partial charge in [0.1, 0.15) is 17.1 Å². The Kier molecular flexibility index (Phi) is 6.68. The minimum atomic E-state index is -0.879. The molecule has 1 fully saturated rings. The molecule has 0 saturated carbocycles. The number of barbiturate groups is 1. The van der Waals surface area contributed by atoms with Crippen LogP contribution in [0.1, 0.15) is 16.7 Å². The summed E-state index contributed by atoms with van der Waals surface area (Å²) in [5.41, 5.74) is 1.67. The van der Waals surface area contributed by atoms with Crippen LogP contribution in [0.3, 0.4) is 0 Å². The van der Waals surface area contributed by atoms with Crippen LogP contribution in [-0.4, -0.2) is 25.0 Å². The van der Waals surface area contributed by atoms with Crippen molar-refractivity contribution in [2.45, 2.75) is 6.42 Å². The van der Waals surface area contributed by atoms with E-state index in [9.17, 15) is 18.8 Å². The molecule has 0 spiro atoms. The number of ether oxygens (including phenoxy) is 1. The number of imide groups is 2. The molecule has 172 valence electrons. The standard InChI is InChI=1S/C25H17Cl2FN2O4/c1-34-22-12-15(11-21(27)19(22)9-14-4-2-6-17(28)8-14)10-20-23(31)29-25(33)30(24(20)32)18-7-3-5-16(26)13-18/h2-8,10-13H,9H2,1H3,(H,29,31,33)/b20-10+. The number of carbonyl (C=O) groups is 3. The molecule has 3 aromatic carbocycles. The molecule has 1 N–H and O–H groups in total. The van der Waals surface area contributed by atoms with Crippen LogP contribution in [0.4, 0.5) is 14.9 Å². The van der Waals surface area contributed by atoms with E-state index in [0.29, 0.717) is 38.9 Å². The van der Waals surface area contributed by atoms with E-state index in [1.807, 2.05) is 0 Å². The third-order valence-electron chi connectivity index (χ3n) is 5.15. The van der Waals surface area contributed by atoms with Crippen molar-refractivity contribution in [3.8, 4) is 5.75 Å². The zero-order chi connectivity index (χ0) is 24.4. The Bertz CT molecular complexity index is 1360. The lowest BCUT2D eigenvalue weighted by atomic mass is 10.00. The zero-order valence-electron chi connectivity index (χ0n) is 17.8. The lowest BCUT2D eigenvalue weighted by Gasteiger charge is -2.26. The third kappa shape index (κ3) is 4.81. The molecule has 0 aromatic heterocycles. The minimum absolute atomic E-state index is 0.217. The summed E-state index contributed by atoms with van der Waals surface area (Å²) >= 11 is 12.5. The normalized spacial score (nSPS) is 15.0. The second kappa shape index (κ2) is 9.67. The average molecular weight is 499 g/mol. The number of nitrogens with one attached hydrogen (secondary N) is 1. The average Bonchev–Trinajstić information content (AvgIpc) is 2.78. The highest BCUT2D eigenvalue weighted by Gasteiger charge is 2.37. The van der Waals surface area contributed by atoms with Crippen LogP contribution in [0.5, 0.6) is 5.75 Å². The number of amides is 4. The number of anilines is 1. The molecule has 1 heterocycles. The van der Waals surface area contributed by atoms with Crippen LogP contribution < -0.4 is 15.0 Å². The highest BCUT2D eigenvalue weighted by Crippen LogP contribution is 2.32. The van der Waals surface area contributed by atoms with Gasteiger partial charge in [-0.2, -0.15) is 0 Å². The SMILES string of the molecule is COc1cc(/C=C2\C(=O)NC(=O)N(c3cccc(Cl)c3)C2=O)cc(Cl)c1Cc1cccc(F)c1. The van der Waals surface area contributed by atoms with Crippen LogP contribution in [0, 0.1) is 5.82 Å². The predicted molar refractivity (Wildman–Crippen MR) is 128 cm³/mol. The molecule has 4 amide bonds. The lowest BCUT2D eigenvalue weighted by Crippen LogP contribution is -2.54. The molecule has 0 aliphatic carbocycles. The molecule has 3 aromatic rings. The zero-order valence-corrected chi connectivity index (χ0v) is 19.3. The van der Waals surface area contributed by atoms with E-state index in [1.165, 1.54) is 37.5 Å². The molecule has 0 unspecified atom stereocenters. The maximum atomic E-state index is 13.6. The third-order valence-corrected chi connectivity index (χ3v) is 5.72. The Morgan fingerprint density at radius 2 is 1.79 bits per heavy atom. The number of urea groups is 1. The fraction of sp³-hybridized carbons (Fsp3) is 0.0800. The molecular formula is C25H17Cl2FN2O4. The minimum Gasteiger partial charge on any atom is -0.496 e. The van der Waals surface area contributed by atoms with Crippen molar-refractivity contribution in [1.29, 1.82) is 0 Å². The molecule has 4 rings (SSSR count). The molecule has 0 radical (unpaired) electrons. The summed E-state index contributed by atoms with van der Waals surface area (Å²) in [6, 6.07) is 14.5. The number of methoxy groups -OCH3 is 1. The van der Waals surface area contributed by atoms with Crippen LogP contribution in [-0.2, 0) is 16.0 Å². The molecule has 1 aliphatic rings. The Balaban J connectivity index is 1.71. The fourth-order valence-corrected chi connectivity index (χ4v) is 4.06. The Labute approximate surface area is 204 Å². The second-order valence-electron chi connectivity index (χ2n) is 7.43. The van der Waals surface area contributed by atoms with Gasteiger partial charge in [0, 0.05) is 22.0 Å². The van der Waals surface area contributed by atoms with E-state index in [1.54, 1.807) is 36.4 Å². The molecule has 1 aliphatic heterocycles. The number of halogens is 3. The quantitative estimate of drug-likeness (QED) is 0.377. The monoisotopic (exact) mass is 498 g/mol. The maximum Gasteiger partial charge on any atom is 0.335 e. The first-order chi connectivity index (χ1) is 16.3. The summed E-state index contributed by atoms with van der Waals surface area (Å²) < 4.78 is 19.0. The number of rotatable bonds is 5. The molecule has 0 bridgehead atoms. The first-order valence-corrected chi connectivity index (χ1v) is 10.8. The van der Waals surface area contributed by atoms with Crippen LogP contribution >= 0.6 is 23.2 Å². The second-order valence-corrected chi connectivity index (χ2v) is 8.27. The first kappa shape index (κ1) is 23.5. The van der Waals surface area contributed by atoms with E-state index in [-0.39, 0.29) is 17.1 Å². The van der Waals surface area contributed by atoms with Gasteiger partial charge in [0.2, 0.25) is 0 Å². The van der Waals surface area contributed by atoms with Gasteiger partial charge in [-0.05, 0) is 59.7 Å². The lowest BCUT2D eigenvalue weighted by molar-refractivity contribution is -0.122. The summed E-state index contributed by atoms with van der Waals surface area (Å²) in [6.07, 6.45) is 1.63. The summed E-state index contributed by atoms with van der Waals surface area (Å²) in [5.74, 6) is -1.62. The number of carbonyl (C=O) groups excluding carboxylic acids is 3. The molecule has 34 heavy (non-hydrogen) atoms. The topological polar surface area (TPSA) is 75.7 Å². The molecule has 6 nitrogen and oxygen atoms in total. The van der Waals surface area contributed by atoms with Crippen LogP contribution in [0.2, 0.25) is 10.0 Å². The van der Waals surface area contributed by atoms with Crippen molar-refractivity contribution < 1.29 is 23.5 Å². The number of hydrogen-bond acceptors (Lipinski definition) is 4. The number of nitrogens with zero attached hydrogens (tertiary/aromatic N) is 1. The van der Waals surface area contributed by atoms with Crippen molar-refractivity contribution >= 4 is 52.8 Å². The van der Waals surface area contributed by atoms with E-state index >= 15 is 0 Å². The van der Waals surface area contributed by atoms with Crippen molar-refractivity contribution in [2.24, 2.45) is 0 Å². The van der Waals surface area contributed by atoms with Crippen molar-refractivity contribution in [1.82, 2.24) is 5.32 Å². The number of benzene rings is 3. The van der Waals surface area contributed by atoms with Gasteiger partial charge < -0.3 is 4.74 Å². The Morgan fingerprint density at radius 1 is 1.03 bits per heavy atom. The van der Waals surface area contributed by atoms with Gasteiger partial charge in [-0.15, -0.1) is 0 Å². The summed E-state index contributed by atoms with van der Waals surface area (Å²) in [4.78, 5) is 38.7. The van der Waals surface area contributed by atoms with E-state index in [2.05, 4.69) is 5.32 Å². The van der Waals surface area contributed by atoms with Crippen molar-refractivity contribution in [3.63, 3.8) is 0 Å². The molecular weight excluding hydrogens is 482 g/mol. The van der Waals surface area contributed by atoms with Gasteiger partial charge in [-0.3, -0.25) is 14.9 Å². The highest BCUT2D eigenvalue weighted by molar-refractivity contribution is 6.39. The van der Waals surface area contributed by atoms with Gasteiger partial charge in [0.25, 0.3) is 11.8 Å². The van der Waals surface area contributed by atoms with Crippen LogP contribution in [0.25, 0.3) is 6.08 Å². The molecule has 9 heteroatoms. The van der Waals surface area contributed by atoms with Gasteiger partial charge in [0.05, 0.1) is 12.8 Å². The van der Waals surface area contributed by atoms with Gasteiger partial charge in [0.15, 0.2) is 0 Å². The summed E-state index contributed by atoms with van der Waals surface area (Å²) in [6.45, 7) is 0. The predicted octanol–water partition coefficient (Wildman–Crippen LogP) is 5.40. The van der Waals surface area contributed by atoms with Crippen molar-refractivity contribution in [3.05, 3.63) is 98.8 Å². The molecule has 1 saturated heterocycles. The Morgan fingerprint density at radius 3 is 2.50 bits per heavy atom. The smallest absolute Gasteiger partial charge is 0.335 e. The highest BCUT2D eigenvalue weighted by atomic mass is 35.5. The van der Waals surface area contributed by atoms with E-state index in [0.717, 1.165) is 4.90 Å². The van der Waals surface area contributed by atoms with Gasteiger partial charge in [-0.1, -0.05) is 41.4 Å². The summed E-state index contributed by atoms with van der Waals surface area (Å²) in [5, 5.41) is 2.79. The fourth-order valence-electron chi connectivity index (χ4n) is 3.59. The van der Waals surface area contributed by atoms with E-state index in [4.69, 9.17) is 27.9 Å². The van der Waals surface area contributed by atoms with Crippen LogP contribution in [0.15, 0.2) is 66.2 Å². The largest absolute Gasteiger partial charge is 0.496 e. The molecule has 0 atom stereocenters. The summed E-state index contributed by atoms with van der Waals surface area (Å²) in [7, 11) is 1.45. The first-order valence-electron chi connectivity index (χ1n) is 10.0. The Hall–Kier alpha value is -3.68. The van der Waals surface area contributed by atoms with Gasteiger partial charge in [-0.25, -0.2) is 14.1 Å². The number of hydrogen-bond donors (Lipinski definition) is 1.